The Morgan fingerprint density at radius 3 is 2.73 bits per heavy atom. The van der Waals surface area contributed by atoms with Crippen molar-refractivity contribution in [3.63, 3.8) is 0 Å². The molecule has 0 bridgehead atoms. The summed E-state index contributed by atoms with van der Waals surface area (Å²) in [6.07, 6.45) is 3.42. The van der Waals surface area contributed by atoms with Crippen molar-refractivity contribution >= 4 is 44.2 Å². The van der Waals surface area contributed by atoms with Crippen LogP contribution in [0.2, 0.25) is 5.02 Å². The molecular weight excluding hydrogens is 422 g/mol. The minimum atomic E-state index is -0.225. The number of halogens is 1. The molecule has 2 aromatic heterocycles. The smallest absolute Gasteiger partial charge is 0.267 e. The third-order valence-electron chi connectivity index (χ3n) is 4.36. The number of hydrogen-bond acceptors (Lipinski definition) is 6. The summed E-state index contributed by atoms with van der Waals surface area (Å²) in [6, 6.07) is 16.5. The average molecular weight is 440 g/mol. The third-order valence-corrected chi connectivity index (χ3v) is 5.71. The number of amides is 1. The Balaban J connectivity index is 1.60. The molecule has 2 heterocycles. The van der Waals surface area contributed by atoms with E-state index < -0.39 is 0 Å². The summed E-state index contributed by atoms with van der Waals surface area (Å²) < 4.78 is 11.8. The maximum atomic E-state index is 13.1. The van der Waals surface area contributed by atoms with Gasteiger partial charge in [-0.1, -0.05) is 41.1 Å². The highest BCUT2D eigenvalue weighted by Crippen LogP contribution is 2.33. The van der Waals surface area contributed by atoms with Crippen molar-refractivity contribution in [3.8, 4) is 11.5 Å². The molecular formula is C22H18ClN3O3S. The molecule has 4 rings (SSSR count). The Labute approximate surface area is 182 Å². The predicted octanol–water partition coefficient (Wildman–Crippen LogP) is 4.97. The Bertz CT molecular complexity index is 1170. The van der Waals surface area contributed by atoms with E-state index in [4.69, 9.17) is 21.1 Å². The first kappa shape index (κ1) is 20.1. The van der Waals surface area contributed by atoms with Crippen LogP contribution >= 0.6 is 22.9 Å². The predicted molar refractivity (Wildman–Crippen MR) is 119 cm³/mol. The number of carbonyl (C=O) groups is 1. The van der Waals surface area contributed by atoms with Crippen LogP contribution in [0, 0.1) is 0 Å². The molecule has 0 radical (unpaired) electrons. The number of benzene rings is 2. The van der Waals surface area contributed by atoms with Crippen LogP contribution in [-0.2, 0) is 11.3 Å². The number of methoxy groups -OCH3 is 1. The lowest BCUT2D eigenvalue weighted by Gasteiger charge is -2.20. The zero-order chi connectivity index (χ0) is 20.9. The molecule has 1 amide bonds. The summed E-state index contributed by atoms with van der Waals surface area (Å²) in [5, 5.41) is 1.11. The maximum absolute atomic E-state index is 13.1. The minimum absolute atomic E-state index is 0.142. The molecule has 0 saturated carbocycles. The van der Waals surface area contributed by atoms with Crippen LogP contribution in [0.3, 0.4) is 0 Å². The van der Waals surface area contributed by atoms with E-state index in [0.717, 1.165) is 10.3 Å². The lowest BCUT2D eigenvalue weighted by Crippen LogP contribution is -2.34. The zero-order valence-electron chi connectivity index (χ0n) is 16.1. The van der Waals surface area contributed by atoms with Crippen molar-refractivity contribution in [2.75, 3.05) is 18.6 Å². The summed E-state index contributed by atoms with van der Waals surface area (Å²) in [5.41, 5.74) is 1.56. The van der Waals surface area contributed by atoms with Crippen molar-refractivity contribution in [2.24, 2.45) is 0 Å². The number of carbonyl (C=O) groups excluding carboxylic acids is 1. The number of aromatic nitrogens is 2. The summed E-state index contributed by atoms with van der Waals surface area (Å²) in [7, 11) is 1.58. The first-order chi connectivity index (χ1) is 14.6. The fourth-order valence-electron chi connectivity index (χ4n) is 2.87. The van der Waals surface area contributed by atoms with E-state index in [1.807, 2.05) is 36.4 Å². The van der Waals surface area contributed by atoms with Crippen LogP contribution in [-0.4, -0.2) is 29.6 Å². The van der Waals surface area contributed by atoms with Gasteiger partial charge in [0, 0.05) is 18.5 Å². The van der Waals surface area contributed by atoms with Crippen LogP contribution < -0.4 is 14.4 Å². The molecule has 0 saturated heterocycles. The summed E-state index contributed by atoms with van der Waals surface area (Å²) in [6.45, 7) is 0.183. The van der Waals surface area contributed by atoms with Gasteiger partial charge < -0.3 is 9.47 Å². The minimum Gasteiger partial charge on any atom is -0.497 e. The van der Waals surface area contributed by atoms with E-state index in [-0.39, 0.29) is 12.5 Å². The SMILES string of the molecule is COc1cccc(OCC(=O)N(Cc2cccnc2)c2nc3c(Cl)cccc3s2)c1. The molecule has 0 atom stereocenters. The van der Waals surface area contributed by atoms with Gasteiger partial charge in [-0.05, 0) is 35.9 Å². The van der Waals surface area contributed by atoms with Gasteiger partial charge in [0.15, 0.2) is 11.7 Å². The fourth-order valence-corrected chi connectivity index (χ4v) is 4.15. The lowest BCUT2D eigenvalue weighted by atomic mass is 10.2. The normalized spacial score (nSPS) is 10.7. The van der Waals surface area contributed by atoms with Crippen molar-refractivity contribution in [1.29, 1.82) is 0 Å². The fraction of sp³-hybridized carbons (Fsp3) is 0.136. The molecule has 0 aliphatic carbocycles. The van der Waals surface area contributed by atoms with Gasteiger partial charge in [0.2, 0.25) is 0 Å². The third kappa shape index (κ3) is 4.53. The van der Waals surface area contributed by atoms with Crippen LogP contribution in [0.5, 0.6) is 11.5 Å². The van der Waals surface area contributed by atoms with Crippen LogP contribution in [0.15, 0.2) is 67.0 Å². The van der Waals surface area contributed by atoms with E-state index >= 15 is 0 Å². The number of para-hydroxylation sites is 1. The van der Waals surface area contributed by atoms with E-state index in [2.05, 4.69) is 9.97 Å². The van der Waals surface area contributed by atoms with Crippen molar-refractivity contribution in [2.45, 2.75) is 6.54 Å². The topological polar surface area (TPSA) is 64.6 Å². The number of anilines is 1. The quantitative estimate of drug-likeness (QED) is 0.407. The number of ether oxygens (including phenoxy) is 2. The zero-order valence-corrected chi connectivity index (χ0v) is 17.7. The van der Waals surface area contributed by atoms with Gasteiger partial charge in [-0.2, -0.15) is 0 Å². The van der Waals surface area contributed by atoms with Crippen LogP contribution in [0.4, 0.5) is 5.13 Å². The molecule has 30 heavy (non-hydrogen) atoms. The van der Waals surface area contributed by atoms with E-state index in [1.54, 1.807) is 42.6 Å². The molecule has 152 valence electrons. The van der Waals surface area contributed by atoms with Crippen molar-refractivity contribution in [1.82, 2.24) is 9.97 Å². The lowest BCUT2D eigenvalue weighted by molar-refractivity contribution is -0.120. The van der Waals surface area contributed by atoms with Gasteiger partial charge in [0.1, 0.15) is 17.0 Å². The number of nitrogens with zero attached hydrogens (tertiary/aromatic N) is 3. The second-order valence-corrected chi connectivity index (χ2v) is 7.81. The van der Waals surface area contributed by atoms with Gasteiger partial charge in [0.25, 0.3) is 5.91 Å². The van der Waals surface area contributed by atoms with Crippen LogP contribution in [0.25, 0.3) is 10.2 Å². The van der Waals surface area contributed by atoms with Gasteiger partial charge in [0.05, 0.1) is 23.4 Å². The number of thiazole rings is 1. The van der Waals surface area contributed by atoms with Crippen molar-refractivity contribution < 1.29 is 14.3 Å². The Kier molecular flexibility index (Phi) is 6.11. The molecule has 2 aromatic carbocycles. The highest BCUT2D eigenvalue weighted by molar-refractivity contribution is 7.22. The maximum Gasteiger partial charge on any atom is 0.267 e. The van der Waals surface area contributed by atoms with E-state index in [1.165, 1.54) is 11.3 Å². The van der Waals surface area contributed by atoms with E-state index in [0.29, 0.717) is 33.7 Å². The molecule has 0 aliphatic rings. The highest BCUT2D eigenvalue weighted by atomic mass is 35.5. The number of pyridine rings is 1. The Morgan fingerprint density at radius 2 is 1.97 bits per heavy atom. The standard InChI is InChI=1S/C22H18ClN3O3S/c1-28-16-6-2-7-17(11-16)29-14-20(27)26(13-15-5-4-10-24-12-15)22-25-21-18(23)8-3-9-19(21)30-22/h2-12H,13-14H2,1H3. The number of fused-ring (bicyclic) bond motifs is 1. The number of rotatable bonds is 7. The van der Waals surface area contributed by atoms with Gasteiger partial charge in [-0.3, -0.25) is 14.7 Å². The molecule has 6 nitrogen and oxygen atoms in total. The summed E-state index contributed by atoms with van der Waals surface area (Å²) in [4.78, 5) is 23.5. The Hall–Kier alpha value is -3.16. The second-order valence-electron chi connectivity index (χ2n) is 6.39. The molecule has 0 spiro atoms. The second kappa shape index (κ2) is 9.11. The average Bonchev–Trinajstić information content (AvgIpc) is 3.22. The first-order valence-corrected chi connectivity index (χ1v) is 10.3. The monoisotopic (exact) mass is 439 g/mol. The van der Waals surface area contributed by atoms with Crippen molar-refractivity contribution in [3.05, 3.63) is 77.6 Å². The summed E-state index contributed by atoms with van der Waals surface area (Å²) in [5.74, 6) is 0.987. The molecule has 8 heteroatoms. The van der Waals surface area contributed by atoms with Gasteiger partial charge in [-0.15, -0.1) is 0 Å². The molecule has 0 fully saturated rings. The highest BCUT2D eigenvalue weighted by Gasteiger charge is 2.21. The number of hydrogen-bond donors (Lipinski definition) is 0. The molecule has 0 aliphatic heterocycles. The molecule has 0 unspecified atom stereocenters. The first-order valence-electron chi connectivity index (χ1n) is 9.15. The largest absolute Gasteiger partial charge is 0.497 e. The van der Waals surface area contributed by atoms with Crippen LogP contribution in [0.1, 0.15) is 5.56 Å². The van der Waals surface area contributed by atoms with Gasteiger partial charge >= 0.3 is 0 Å². The molecule has 4 aromatic rings. The molecule has 0 N–H and O–H groups in total. The van der Waals surface area contributed by atoms with E-state index in [9.17, 15) is 4.79 Å². The Morgan fingerprint density at radius 1 is 1.13 bits per heavy atom. The van der Waals surface area contributed by atoms with Gasteiger partial charge in [-0.25, -0.2) is 4.98 Å². The summed E-state index contributed by atoms with van der Waals surface area (Å²) >= 11 is 7.69.